The van der Waals surface area contributed by atoms with Gasteiger partial charge in [0.2, 0.25) is 0 Å². The molecular weight excluding hydrogens is 317 g/mol. The van der Waals surface area contributed by atoms with Crippen LogP contribution in [0.3, 0.4) is 0 Å². The van der Waals surface area contributed by atoms with Gasteiger partial charge in [0.1, 0.15) is 11.9 Å². The third-order valence-electron chi connectivity index (χ3n) is 4.40. The first-order chi connectivity index (χ1) is 11.5. The van der Waals surface area contributed by atoms with Gasteiger partial charge in [-0.3, -0.25) is 9.69 Å². The molecule has 1 unspecified atom stereocenters. The Morgan fingerprint density at radius 2 is 2.04 bits per heavy atom. The molecule has 2 fully saturated rings. The summed E-state index contributed by atoms with van der Waals surface area (Å²) in [6.45, 7) is 1.19. The van der Waals surface area contributed by atoms with E-state index in [1.165, 1.54) is 21.9 Å². The Hall–Kier alpha value is -2.64. The van der Waals surface area contributed by atoms with E-state index in [4.69, 9.17) is 0 Å². The molecule has 2 heterocycles. The number of carbonyl (C=O) groups is 3. The summed E-state index contributed by atoms with van der Waals surface area (Å²) in [5.74, 6) is -2.46. The summed E-state index contributed by atoms with van der Waals surface area (Å²) in [7, 11) is 0. The lowest BCUT2D eigenvalue weighted by Gasteiger charge is -2.33. The molecule has 8 heteroatoms. The number of nitrogens with one attached hydrogen (secondary N) is 1. The van der Waals surface area contributed by atoms with E-state index >= 15 is 0 Å². The number of carboxylic acid groups (broad SMARTS) is 1. The predicted molar refractivity (Wildman–Crippen MR) is 83.5 cm³/mol. The topological polar surface area (TPSA) is 89.9 Å². The van der Waals surface area contributed by atoms with Crippen LogP contribution in [-0.2, 0) is 4.79 Å². The summed E-state index contributed by atoms with van der Waals surface area (Å²) in [5, 5.41) is 11.9. The van der Waals surface area contributed by atoms with Crippen LogP contribution >= 0.6 is 0 Å². The number of hydrogen-bond acceptors (Lipinski definition) is 3. The normalized spacial score (nSPS) is 20.9. The quantitative estimate of drug-likeness (QED) is 0.874. The van der Waals surface area contributed by atoms with E-state index in [9.17, 15) is 23.9 Å². The molecule has 0 bridgehead atoms. The molecule has 0 aliphatic carbocycles. The molecule has 7 nitrogen and oxygen atoms in total. The van der Waals surface area contributed by atoms with Crippen molar-refractivity contribution in [2.24, 2.45) is 0 Å². The first kappa shape index (κ1) is 16.2. The highest BCUT2D eigenvalue weighted by molar-refractivity contribution is 6.00. The first-order valence-electron chi connectivity index (χ1n) is 7.87. The number of rotatable bonds is 3. The van der Waals surface area contributed by atoms with Crippen molar-refractivity contribution in [3.63, 3.8) is 0 Å². The molecule has 1 aromatic carbocycles. The number of aliphatic carboxylic acids is 1. The first-order valence-corrected chi connectivity index (χ1v) is 7.87. The maximum atomic E-state index is 14.2. The van der Waals surface area contributed by atoms with E-state index < -0.39 is 23.7 Å². The lowest BCUT2D eigenvalue weighted by molar-refractivity contribution is -0.143. The van der Waals surface area contributed by atoms with Crippen LogP contribution in [-0.4, -0.2) is 53.6 Å². The van der Waals surface area contributed by atoms with Gasteiger partial charge in [-0.2, -0.15) is 0 Å². The van der Waals surface area contributed by atoms with Crippen molar-refractivity contribution in [1.29, 1.82) is 0 Å². The summed E-state index contributed by atoms with van der Waals surface area (Å²) in [5.41, 5.74) is 0.207. The molecule has 2 N–H and O–H groups in total. The number of benzene rings is 1. The van der Waals surface area contributed by atoms with Crippen molar-refractivity contribution >= 4 is 23.6 Å². The van der Waals surface area contributed by atoms with Gasteiger partial charge in [-0.05, 0) is 37.5 Å². The van der Waals surface area contributed by atoms with E-state index in [1.54, 1.807) is 0 Å². The molecule has 1 atom stereocenters. The van der Waals surface area contributed by atoms with Gasteiger partial charge in [0.25, 0.3) is 5.91 Å². The molecule has 24 heavy (non-hydrogen) atoms. The van der Waals surface area contributed by atoms with Gasteiger partial charge in [0, 0.05) is 25.3 Å². The molecule has 3 rings (SSSR count). The van der Waals surface area contributed by atoms with Crippen molar-refractivity contribution in [3.05, 3.63) is 29.6 Å². The molecule has 0 spiro atoms. The molecule has 2 aliphatic rings. The summed E-state index contributed by atoms with van der Waals surface area (Å²) in [6, 6.07) is 2.64. The van der Waals surface area contributed by atoms with E-state index in [1.807, 2.05) is 0 Å². The molecule has 0 radical (unpaired) electrons. The molecule has 2 saturated heterocycles. The minimum atomic E-state index is -1.08. The Kier molecular flexibility index (Phi) is 4.37. The lowest BCUT2D eigenvalue weighted by atomic mass is 10.0. The van der Waals surface area contributed by atoms with Crippen LogP contribution in [0.4, 0.5) is 14.9 Å². The molecule has 1 aromatic rings. The fourth-order valence-electron chi connectivity index (χ4n) is 3.15. The Morgan fingerprint density at radius 1 is 1.25 bits per heavy atom. The largest absolute Gasteiger partial charge is 0.480 e. The van der Waals surface area contributed by atoms with E-state index in [2.05, 4.69) is 5.32 Å². The number of amides is 3. The fraction of sp³-hybridized carbons (Fsp3) is 0.438. The van der Waals surface area contributed by atoms with Gasteiger partial charge in [-0.1, -0.05) is 0 Å². The van der Waals surface area contributed by atoms with Crippen molar-refractivity contribution < 1.29 is 23.9 Å². The van der Waals surface area contributed by atoms with Gasteiger partial charge in [0.05, 0.1) is 5.56 Å². The monoisotopic (exact) mass is 335 g/mol. The molecule has 0 aromatic heterocycles. The number of carbonyl (C=O) groups excluding carboxylic acids is 2. The molecule has 3 amide bonds. The van der Waals surface area contributed by atoms with Crippen molar-refractivity contribution in [2.75, 3.05) is 24.5 Å². The third-order valence-corrected chi connectivity index (χ3v) is 4.40. The summed E-state index contributed by atoms with van der Waals surface area (Å²) in [6.07, 6.45) is 1.76. The van der Waals surface area contributed by atoms with E-state index in [-0.39, 0.29) is 18.1 Å². The highest BCUT2D eigenvalue weighted by atomic mass is 19.1. The number of carboxylic acids is 1. The summed E-state index contributed by atoms with van der Waals surface area (Å²) < 4.78 is 14.2. The number of hydrogen-bond donors (Lipinski definition) is 2. The minimum absolute atomic E-state index is 0.208. The lowest BCUT2D eigenvalue weighted by Crippen LogP contribution is -2.48. The Balaban J connectivity index is 1.91. The smallest absolute Gasteiger partial charge is 0.326 e. The maximum Gasteiger partial charge on any atom is 0.326 e. The third kappa shape index (κ3) is 2.91. The van der Waals surface area contributed by atoms with Crippen molar-refractivity contribution in [3.8, 4) is 0 Å². The van der Waals surface area contributed by atoms with E-state index in [0.717, 1.165) is 12.5 Å². The molecule has 0 saturated carbocycles. The van der Waals surface area contributed by atoms with Gasteiger partial charge in [-0.25, -0.2) is 14.0 Å². The van der Waals surface area contributed by atoms with Crippen LogP contribution in [0, 0.1) is 5.82 Å². The zero-order valence-corrected chi connectivity index (χ0v) is 13.0. The maximum absolute atomic E-state index is 14.2. The van der Waals surface area contributed by atoms with Crippen LogP contribution in [0.2, 0.25) is 0 Å². The second-order valence-electron chi connectivity index (χ2n) is 5.90. The van der Waals surface area contributed by atoms with Crippen molar-refractivity contribution in [1.82, 2.24) is 10.2 Å². The second-order valence-corrected chi connectivity index (χ2v) is 5.90. The average Bonchev–Trinajstić information content (AvgIpc) is 3.00. The minimum Gasteiger partial charge on any atom is -0.480 e. The number of likely N-dealkylation sites (tertiary alicyclic amines) is 1. The second kappa shape index (κ2) is 6.46. The van der Waals surface area contributed by atoms with Crippen LogP contribution in [0.15, 0.2) is 18.2 Å². The van der Waals surface area contributed by atoms with Crippen LogP contribution in [0.1, 0.15) is 29.6 Å². The fourth-order valence-corrected chi connectivity index (χ4v) is 3.15. The zero-order chi connectivity index (χ0) is 17.3. The standard InChI is InChI=1S/C16H18FN3O4/c17-12-5-4-10(19-8-6-18-16(19)24)9-11(12)14(21)20-7-2-1-3-13(20)15(22)23/h4-5,9,13H,1-3,6-8H2,(H,18,24)(H,22,23). The van der Waals surface area contributed by atoms with Crippen LogP contribution < -0.4 is 10.2 Å². The zero-order valence-electron chi connectivity index (χ0n) is 13.0. The van der Waals surface area contributed by atoms with E-state index in [0.29, 0.717) is 31.6 Å². The van der Waals surface area contributed by atoms with Crippen LogP contribution in [0.25, 0.3) is 0 Å². The Bertz CT molecular complexity index is 694. The Labute approximate surface area is 138 Å². The molecule has 128 valence electrons. The van der Waals surface area contributed by atoms with Gasteiger partial charge in [0.15, 0.2) is 0 Å². The summed E-state index contributed by atoms with van der Waals surface area (Å²) >= 11 is 0. The van der Waals surface area contributed by atoms with Gasteiger partial charge in [-0.15, -0.1) is 0 Å². The highest BCUT2D eigenvalue weighted by Gasteiger charge is 2.34. The number of anilines is 1. The molecule has 2 aliphatic heterocycles. The molecular formula is C16H18FN3O4. The highest BCUT2D eigenvalue weighted by Crippen LogP contribution is 2.25. The van der Waals surface area contributed by atoms with Crippen molar-refractivity contribution in [2.45, 2.75) is 25.3 Å². The Morgan fingerprint density at radius 3 is 2.71 bits per heavy atom. The summed E-state index contributed by atoms with van der Waals surface area (Å²) in [4.78, 5) is 38.4. The SMILES string of the molecule is O=C(O)C1CCCCN1C(=O)c1cc(N2CCNC2=O)ccc1F. The number of halogens is 1. The number of nitrogens with zero attached hydrogens (tertiary/aromatic N) is 2. The number of piperidine rings is 1. The van der Waals surface area contributed by atoms with Crippen LogP contribution in [0.5, 0.6) is 0 Å². The van der Waals surface area contributed by atoms with Gasteiger partial charge >= 0.3 is 12.0 Å². The number of urea groups is 1. The average molecular weight is 335 g/mol. The predicted octanol–water partition coefficient (Wildman–Crippen LogP) is 1.43. The van der Waals surface area contributed by atoms with Gasteiger partial charge < -0.3 is 15.3 Å².